The van der Waals surface area contributed by atoms with Gasteiger partial charge in [-0.05, 0) is 24.0 Å². The minimum atomic E-state index is -4.78. The topological polar surface area (TPSA) is 86.7 Å². The lowest BCUT2D eigenvalue weighted by Gasteiger charge is -2.27. The summed E-state index contributed by atoms with van der Waals surface area (Å²) in [6.07, 6.45) is -4.25. The molecule has 2 aliphatic rings. The van der Waals surface area contributed by atoms with Crippen molar-refractivity contribution >= 4 is 36.1 Å². The number of carbonyl (C=O) groups excluding carboxylic acids is 2. The highest BCUT2D eigenvalue weighted by atomic mass is 32.1. The van der Waals surface area contributed by atoms with Gasteiger partial charge in [0.15, 0.2) is 0 Å². The number of para-hydroxylation sites is 1. The molecule has 3 rings (SSSR count). The molecule has 0 aromatic heterocycles. The molecule has 2 N–H and O–H groups in total. The zero-order chi connectivity index (χ0) is 19.9. The number of aliphatic carboxylic acids is 1. The zero-order valence-electron chi connectivity index (χ0n) is 14.0. The monoisotopic (exact) mass is 402 g/mol. The van der Waals surface area contributed by atoms with E-state index in [4.69, 9.17) is 0 Å². The molecule has 0 fully saturated rings. The lowest BCUT2D eigenvalue weighted by molar-refractivity contribution is -0.178. The highest BCUT2D eigenvalue weighted by Crippen LogP contribution is 2.39. The number of benzene rings is 1. The van der Waals surface area contributed by atoms with Gasteiger partial charge in [-0.25, -0.2) is 4.79 Å². The summed E-state index contributed by atoms with van der Waals surface area (Å²) in [6, 6.07) is 2.85. The van der Waals surface area contributed by atoms with Gasteiger partial charge in [-0.1, -0.05) is 18.2 Å². The standard InChI is InChI=1S/C17H17F3N2O4S/c18-17(19,20)10(7-27)14(23)21-11-5-4-8-2-1-3-9-6-12(16(25)26)22(13(8)9)15(11)24/h1-3,10-12,27H,4-7H2,(H,21,23)(H,25,26)/t10-,11?,12-/m0/s1. The van der Waals surface area contributed by atoms with Gasteiger partial charge in [0, 0.05) is 12.2 Å². The smallest absolute Gasteiger partial charge is 0.401 e. The van der Waals surface area contributed by atoms with E-state index in [2.05, 4.69) is 17.9 Å². The molecule has 10 heteroatoms. The second-order valence-electron chi connectivity index (χ2n) is 6.57. The third kappa shape index (κ3) is 3.50. The van der Waals surface area contributed by atoms with Crippen molar-refractivity contribution in [1.29, 1.82) is 0 Å². The first-order valence-electron chi connectivity index (χ1n) is 8.29. The van der Waals surface area contributed by atoms with Crippen molar-refractivity contribution < 1.29 is 32.7 Å². The second kappa shape index (κ2) is 7.06. The summed E-state index contributed by atoms with van der Waals surface area (Å²) in [7, 11) is 0. The molecule has 0 radical (unpaired) electrons. The third-order valence-electron chi connectivity index (χ3n) is 4.90. The lowest BCUT2D eigenvalue weighted by atomic mass is 10.0. The van der Waals surface area contributed by atoms with Crippen LogP contribution in [0.15, 0.2) is 18.2 Å². The summed E-state index contributed by atoms with van der Waals surface area (Å²) in [4.78, 5) is 37.7. The first-order chi connectivity index (χ1) is 12.6. The van der Waals surface area contributed by atoms with E-state index >= 15 is 0 Å². The molecule has 6 nitrogen and oxygen atoms in total. The number of amides is 2. The van der Waals surface area contributed by atoms with Gasteiger partial charge in [0.1, 0.15) is 18.0 Å². The number of hydrogen-bond acceptors (Lipinski definition) is 4. The molecule has 2 aliphatic heterocycles. The van der Waals surface area contributed by atoms with E-state index in [0.29, 0.717) is 17.7 Å². The first kappa shape index (κ1) is 19.5. The fourth-order valence-corrected chi connectivity index (χ4v) is 3.94. The highest BCUT2D eigenvalue weighted by molar-refractivity contribution is 7.80. The van der Waals surface area contributed by atoms with E-state index in [1.807, 2.05) is 0 Å². The summed E-state index contributed by atoms with van der Waals surface area (Å²) in [6.45, 7) is 0. The zero-order valence-corrected chi connectivity index (χ0v) is 14.9. The van der Waals surface area contributed by atoms with Crippen LogP contribution in [0.4, 0.5) is 18.9 Å². The maximum atomic E-state index is 13.0. The summed E-state index contributed by atoms with van der Waals surface area (Å²) in [5.74, 6) is -6.35. The number of nitrogens with one attached hydrogen (secondary N) is 1. The number of carboxylic acids is 1. The normalized spacial score (nSPS) is 22.8. The van der Waals surface area contributed by atoms with Crippen LogP contribution < -0.4 is 10.2 Å². The van der Waals surface area contributed by atoms with Gasteiger partial charge in [-0.3, -0.25) is 14.5 Å². The van der Waals surface area contributed by atoms with Crippen LogP contribution in [0, 0.1) is 5.92 Å². The van der Waals surface area contributed by atoms with Gasteiger partial charge < -0.3 is 10.4 Å². The number of carboxylic acid groups (broad SMARTS) is 1. The Morgan fingerprint density at radius 1 is 1.33 bits per heavy atom. The Bertz CT molecular complexity index is 799. The van der Waals surface area contributed by atoms with Crippen molar-refractivity contribution in [2.24, 2.45) is 5.92 Å². The SMILES string of the molecule is O=C(O)[C@@H]1Cc2cccc3c2N1C(=O)C(NC(=O)[C@H](CS)C(F)(F)F)CC3. The number of carbonyl (C=O) groups is 3. The Hall–Kier alpha value is -2.23. The first-order valence-corrected chi connectivity index (χ1v) is 8.93. The predicted molar refractivity (Wildman–Crippen MR) is 92.7 cm³/mol. The molecular formula is C17H17F3N2O4S. The molecule has 146 valence electrons. The molecule has 1 aromatic rings. The maximum Gasteiger partial charge on any atom is 0.401 e. The number of thiol groups is 1. The fraction of sp³-hybridized carbons (Fsp3) is 0.471. The summed E-state index contributed by atoms with van der Waals surface area (Å²) in [5, 5.41) is 11.6. The number of nitrogens with zero attached hydrogens (tertiary/aromatic N) is 1. The molecule has 27 heavy (non-hydrogen) atoms. The molecule has 0 saturated carbocycles. The van der Waals surface area contributed by atoms with Crippen LogP contribution in [0.5, 0.6) is 0 Å². The molecular weight excluding hydrogens is 385 g/mol. The van der Waals surface area contributed by atoms with Crippen LogP contribution in [-0.2, 0) is 27.2 Å². The fourth-order valence-electron chi connectivity index (χ4n) is 3.57. The van der Waals surface area contributed by atoms with Crippen LogP contribution in [0.25, 0.3) is 0 Å². The summed E-state index contributed by atoms with van der Waals surface area (Å²) >= 11 is 3.58. The molecule has 2 amide bonds. The highest BCUT2D eigenvalue weighted by Gasteiger charge is 2.47. The van der Waals surface area contributed by atoms with Gasteiger partial charge in [0.2, 0.25) is 11.8 Å². The molecule has 0 bridgehead atoms. The van der Waals surface area contributed by atoms with Crippen LogP contribution in [0.1, 0.15) is 17.5 Å². The van der Waals surface area contributed by atoms with Crippen molar-refractivity contribution in [1.82, 2.24) is 5.32 Å². The van der Waals surface area contributed by atoms with Crippen molar-refractivity contribution in [2.75, 3.05) is 10.7 Å². The minimum absolute atomic E-state index is 0.0843. The average Bonchev–Trinajstić information content (AvgIpc) is 2.91. The predicted octanol–water partition coefficient (Wildman–Crippen LogP) is 1.57. The Balaban J connectivity index is 1.90. The lowest BCUT2D eigenvalue weighted by Crippen LogP contribution is -2.54. The summed E-state index contributed by atoms with van der Waals surface area (Å²) < 4.78 is 38.9. The van der Waals surface area contributed by atoms with E-state index in [0.717, 1.165) is 10.5 Å². The van der Waals surface area contributed by atoms with Crippen molar-refractivity contribution in [3.05, 3.63) is 29.3 Å². The number of halogens is 3. The summed E-state index contributed by atoms with van der Waals surface area (Å²) in [5.41, 5.74) is 1.93. The van der Waals surface area contributed by atoms with E-state index in [1.165, 1.54) is 0 Å². The molecule has 0 saturated heterocycles. The number of anilines is 1. The quantitative estimate of drug-likeness (QED) is 0.668. The molecule has 0 spiro atoms. The van der Waals surface area contributed by atoms with Gasteiger partial charge in [-0.15, -0.1) is 0 Å². The molecule has 0 aliphatic carbocycles. The van der Waals surface area contributed by atoms with E-state index < -0.39 is 47.7 Å². The van der Waals surface area contributed by atoms with Crippen LogP contribution >= 0.6 is 12.6 Å². The Labute approximate surface area is 158 Å². The van der Waals surface area contributed by atoms with Crippen LogP contribution in [-0.4, -0.2) is 46.9 Å². The Kier molecular flexibility index (Phi) is 5.11. The van der Waals surface area contributed by atoms with Gasteiger partial charge in [0.25, 0.3) is 0 Å². The number of hydrogen-bond donors (Lipinski definition) is 3. The largest absolute Gasteiger partial charge is 0.480 e. The van der Waals surface area contributed by atoms with Crippen molar-refractivity contribution in [3.8, 4) is 0 Å². The number of alkyl halides is 3. The molecule has 1 aromatic carbocycles. The molecule has 1 unspecified atom stereocenters. The molecule has 2 heterocycles. The van der Waals surface area contributed by atoms with Gasteiger partial charge in [0.05, 0.1) is 5.69 Å². The second-order valence-corrected chi connectivity index (χ2v) is 6.93. The van der Waals surface area contributed by atoms with Crippen molar-refractivity contribution in [3.63, 3.8) is 0 Å². The van der Waals surface area contributed by atoms with Crippen LogP contribution in [0.2, 0.25) is 0 Å². The van der Waals surface area contributed by atoms with E-state index in [-0.39, 0.29) is 12.8 Å². The Morgan fingerprint density at radius 3 is 2.59 bits per heavy atom. The van der Waals surface area contributed by atoms with Crippen molar-refractivity contribution in [2.45, 2.75) is 37.5 Å². The number of rotatable bonds is 4. The van der Waals surface area contributed by atoms with E-state index in [9.17, 15) is 32.7 Å². The van der Waals surface area contributed by atoms with Crippen LogP contribution in [0.3, 0.4) is 0 Å². The maximum absolute atomic E-state index is 13.0. The number of aryl methyl sites for hydroxylation is 1. The van der Waals surface area contributed by atoms with Gasteiger partial charge in [-0.2, -0.15) is 25.8 Å². The Morgan fingerprint density at radius 2 is 2.00 bits per heavy atom. The minimum Gasteiger partial charge on any atom is -0.480 e. The van der Waals surface area contributed by atoms with E-state index in [1.54, 1.807) is 18.2 Å². The average molecular weight is 402 g/mol. The molecule has 3 atom stereocenters. The van der Waals surface area contributed by atoms with Gasteiger partial charge >= 0.3 is 12.1 Å². The third-order valence-corrected chi connectivity index (χ3v) is 5.27.